The summed E-state index contributed by atoms with van der Waals surface area (Å²) in [5, 5.41) is 2.91. The van der Waals surface area contributed by atoms with Crippen LogP contribution < -0.4 is 10.1 Å². The monoisotopic (exact) mass is 341 g/mol. The van der Waals surface area contributed by atoms with Crippen molar-refractivity contribution >= 4 is 11.6 Å². The van der Waals surface area contributed by atoms with Crippen molar-refractivity contribution < 1.29 is 19.0 Å². The van der Waals surface area contributed by atoms with Crippen LogP contribution in [-0.4, -0.2) is 32.3 Å². The molecule has 1 N–H and O–H groups in total. The minimum Gasteiger partial charge on any atom is -0.495 e. The van der Waals surface area contributed by atoms with Crippen molar-refractivity contribution in [1.82, 2.24) is 0 Å². The van der Waals surface area contributed by atoms with Gasteiger partial charge >= 0.3 is 0 Å². The van der Waals surface area contributed by atoms with Crippen LogP contribution in [0.3, 0.4) is 0 Å². The molecule has 0 aromatic heterocycles. The van der Waals surface area contributed by atoms with Gasteiger partial charge in [-0.1, -0.05) is 30.3 Å². The zero-order valence-electron chi connectivity index (χ0n) is 14.4. The van der Waals surface area contributed by atoms with Gasteiger partial charge in [-0.3, -0.25) is 4.79 Å². The molecule has 0 aliphatic carbocycles. The van der Waals surface area contributed by atoms with Gasteiger partial charge in [0.1, 0.15) is 5.75 Å². The molecule has 1 amide bonds. The Morgan fingerprint density at radius 1 is 1.20 bits per heavy atom. The Kier molecular flexibility index (Phi) is 6.04. The van der Waals surface area contributed by atoms with E-state index in [4.69, 9.17) is 14.2 Å². The molecule has 5 nitrogen and oxygen atoms in total. The van der Waals surface area contributed by atoms with Crippen LogP contribution in [0.1, 0.15) is 28.8 Å². The first-order chi connectivity index (χ1) is 12.3. The number of rotatable bonds is 6. The molecule has 1 aliphatic heterocycles. The van der Waals surface area contributed by atoms with E-state index in [0.29, 0.717) is 30.2 Å². The molecule has 0 saturated carbocycles. The van der Waals surface area contributed by atoms with Crippen molar-refractivity contribution in [2.24, 2.45) is 0 Å². The van der Waals surface area contributed by atoms with E-state index in [-0.39, 0.29) is 12.0 Å². The van der Waals surface area contributed by atoms with Crippen molar-refractivity contribution in [2.75, 3.05) is 25.6 Å². The summed E-state index contributed by atoms with van der Waals surface area (Å²) in [7, 11) is 1.58. The maximum atomic E-state index is 12.7. The van der Waals surface area contributed by atoms with Crippen molar-refractivity contribution in [1.29, 1.82) is 0 Å². The number of benzene rings is 2. The topological polar surface area (TPSA) is 56.8 Å². The second-order valence-corrected chi connectivity index (χ2v) is 5.96. The molecular weight excluding hydrogens is 318 g/mol. The summed E-state index contributed by atoms with van der Waals surface area (Å²) in [6.45, 7) is 1.82. The molecule has 0 bridgehead atoms. The number of methoxy groups -OCH3 is 1. The minimum atomic E-state index is -0.177. The molecule has 25 heavy (non-hydrogen) atoms. The average molecular weight is 341 g/mol. The highest BCUT2D eigenvalue weighted by Gasteiger charge is 2.17. The number of amides is 1. The van der Waals surface area contributed by atoms with Crippen LogP contribution in [0.15, 0.2) is 48.5 Å². The third-order valence-corrected chi connectivity index (χ3v) is 4.21. The molecule has 2 aromatic carbocycles. The second kappa shape index (κ2) is 8.65. The first-order valence-corrected chi connectivity index (χ1v) is 8.49. The molecule has 1 aliphatic rings. The molecule has 1 unspecified atom stereocenters. The van der Waals surface area contributed by atoms with E-state index >= 15 is 0 Å². The lowest BCUT2D eigenvalue weighted by molar-refractivity contribution is -0.0569. The zero-order valence-corrected chi connectivity index (χ0v) is 14.4. The summed E-state index contributed by atoms with van der Waals surface area (Å²) < 4.78 is 16.6. The number of hydrogen-bond acceptors (Lipinski definition) is 4. The van der Waals surface area contributed by atoms with Crippen LogP contribution in [0.4, 0.5) is 5.69 Å². The number of ether oxygens (including phenoxy) is 3. The van der Waals surface area contributed by atoms with E-state index in [1.807, 2.05) is 42.5 Å². The highest BCUT2D eigenvalue weighted by atomic mass is 16.5. The van der Waals surface area contributed by atoms with Gasteiger partial charge in [-0.2, -0.15) is 0 Å². The lowest BCUT2D eigenvalue weighted by Gasteiger charge is -2.23. The summed E-state index contributed by atoms with van der Waals surface area (Å²) in [5.41, 5.74) is 2.11. The summed E-state index contributed by atoms with van der Waals surface area (Å²) in [6.07, 6.45) is 2.11. The van der Waals surface area contributed by atoms with Gasteiger partial charge in [0.25, 0.3) is 5.91 Å². The summed E-state index contributed by atoms with van der Waals surface area (Å²) in [6, 6.07) is 14.8. The van der Waals surface area contributed by atoms with Gasteiger partial charge < -0.3 is 19.5 Å². The standard InChI is InChI=1S/C20H23NO4/c1-23-19-11-5-4-10-18(19)21-20(22)17-9-3-2-7-15(17)13-25-16-8-6-12-24-14-16/h2-5,7,9-11,16H,6,8,12-14H2,1H3,(H,21,22). The van der Waals surface area contributed by atoms with Crippen LogP contribution in [0.2, 0.25) is 0 Å². The highest BCUT2D eigenvalue weighted by molar-refractivity contribution is 6.06. The van der Waals surface area contributed by atoms with Crippen LogP contribution in [0.5, 0.6) is 5.75 Å². The Bertz CT molecular complexity index is 710. The third-order valence-electron chi connectivity index (χ3n) is 4.21. The second-order valence-electron chi connectivity index (χ2n) is 5.96. The number of anilines is 1. The van der Waals surface area contributed by atoms with E-state index in [1.54, 1.807) is 13.2 Å². The molecule has 1 heterocycles. The summed E-state index contributed by atoms with van der Waals surface area (Å²) in [5.74, 6) is 0.451. The predicted octanol–water partition coefficient (Wildman–Crippen LogP) is 3.64. The lowest BCUT2D eigenvalue weighted by Crippen LogP contribution is -2.25. The zero-order chi connectivity index (χ0) is 17.5. The van der Waals surface area contributed by atoms with E-state index < -0.39 is 0 Å². The number of carbonyl (C=O) groups excluding carboxylic acids is 1. The Balaban J connectivity index is 1.69. The highest BCUT2D eigenvalue weighted by Crippen LogP contribution is 2.24. The lowest BCUT2D eigenvalue weighted by atomic mass is 10.1. The Morgan fingerprint density at radius 3 is 2.80 bits per heavy atom. The SMILES string of the molecule is COc1ccccc1NC(=O)c1ccccc1COC1CCCOC1. The van der Waals surface area contributed by atoms with E-state index in [1.165, 1.54) is 0 Å². The average Bonchev–Trinajstić information content (AvgIpc) is 2.68. The fourth-order valence-electron chi connectivity index (χ4n) is 2.86. The van der Waals surface area contributed by atoms with Crippen molar-refractivity contribution in [3.63, 3.8) is 0 Å². The van der Waals surface area contributed by atoms with Gasteiger partial charge in [0.05, 0.1) is 32.1 Å². The number of para-hydroxylation sites is 2. The number of carbonyl (C=O) groups is 1. The normalized spacial score (nSPS) is 17.1. The van der Waals surface area contributed by atoms with Crippen LogP contribution in [-0.2, 0) is 16.1 Å². The van der Waals surface area contributed by atoms with Crippen LogP contribution in [0.25, 0.3) is 0 Å². The van der Waals surface area contributed by atoms with Gasteiger partial charge in [0.15, 0.2) is 0 Å². The maximum Gasteiger partial charge on any atom is 0.256 e. The van der Waals surface area contributed by atoms with E-state index in [0.717, 1.165) is 25.0 Å². The molecule has 132 valence electrons. The van der Waals surface area contributed by atoms with Gasteiger partial charge in [0.2, 0.25) is 0 Å². The molecule has 1 saturated heterocycles. The fraction of sp³-hybridized carbons (Fsp3) is 0.350. The molecule has 0 radical (unpaired) electrons. The largest absolute Gasteiger partial charge is 0.495 e. The summed E-state index contributed by atoms with van der Waals surface area (Å²) >= 11 is 0. The quantitative estimate of drug-likeness (QED) is 0.871. The summed E-state index contributed by atoms with van der Waals surface area (Å²) in [4.78, 5) is 12.7. The third kappa shape index (κ3) is 4.59. The Labute approximate surface area is 147 Å². The smallest absolute Gasteiger partial charge is 0.256 e. The Hall–Kier alpha value is -2.37. The molecule has 3 rings (SSSR count). The first kappa shape index (κ1) is 17.5. The molecule has 2 aromatic rings. The molecular formula is C20H23NO4. The molecule has 0 spiro atoms. The Morgan fingerprint density at radius 2 is 2.00 bits per heavy atom. The molecule has 1 fully saturated rings. The maximum absolute atomic E-state index is 12.7. The van der Waals surface area contributed by atoms with Crippen LogP contribution >= 0.6 is 0 Å². The van der Waals surface area contributed by atoms with Crippen molar-refractivity contribution in [2.45, 2.75) is 25.6 Å². The minimum absolute atomic E-state index is 0.0964. The van der Waals surface area contributed by atoms with Gasteiger partial charge in [0, 0.05) is 12.2 Å². The molecule has 1 atom stereocenters. The van der Waals surface area contributed by atoms with Gasteiger partial charge in [-0.15, -0.1) is 0 Å². The van der Waals surface area contributed by atoms with Gasteiger partial charge in [-0.05, 0) is 36.6 Å². The number of nitrogens with one attached hydrogen (secondary N) is 1. The molecule has 5 heteroatoms. The van der Waals surface area contributed by atoms with Gasteiger partial charge in [-0.25, -0.2) is 0 Å². The van der Waals surface area contributed by atoms with Crippen molar-refractivity contribution in [3.05, 3.63) is 59.7 Å². The van der Waals surface area contributed by atoms with E-state index in [9.17, 15) is 4.79 Å². The predicted molar refractivity (Wildman–Crippen MR) is 96.0 cm³/mol. The number of hydrogen-bond donors (Lipinski definition) is 1. The van der Waals surface area contributed by atoms with Crippen molar-refractivity contribution in [3.8, 4) is 5.75 Å². The first-order valence-electron chi connectivity index (χ1n) is 8.49. The van der Waals surface area contributed by atoms with Crippen LogP contribution in [0, 0.1) is 0 Å². The fourth-order valence-corrected chi connectivity index (χ4v) is 2.86. The van der Waals surface area contributed by atoms with E-state index in [2.05, 4.69) is 5.32 Å².